The average Bonchev–Trinajstić information content (AvgIpc) is 2.12. The Morgan fingerprint density at radius 3 is 2.36 bits per heavy atom. The van der Waals surface area contributed by atoms with Crippen LogP contribution in [0.3, 0.4) is 0 Å². The number of rotatable bonds is 6. The molecule has 0 aliphatic rings. The van der Waals surface area contributed by atoms with Crippen molar-refractivity contribution in [3.05, 3.63) is 0 Å². The second-order valence-electron chi connectivity index (χ2n) is 2.98. The highest BCUT2D eigenvalue weighted by atomic mass is 16.2. The van der Waals surface area contributed by atoms with Crippen molar-refractivity contribution in [1.82, 2.24) is 10.6 Å². The summed E-state index contributed by atoms with van der Waals surface area (Å²) in [6.07, 6.45) is 1.53. The van der Waals surface area contributed by atoms with Crippen LogP contribution in [0.5, 0.6) is 0 Å². The third kappa shape index (κ3) is 6.24. The van der Waals surface area contributed by atoms with Crippen LogP contribution in [0.1, 0.15) is 19.8 Å². The maximum atomic E-state index is 11.2. The zero-order valence-electron chi connectivity index (χ0n) is 8.38. The van der Waals surface area contributed by atoms with E-state index in [4.69, 9.17) is 11.5 Å². The fourth-order valence-corrected chi connectivity index (χ4v) is 0.945. The molecule has 6 heteroatoms. The van der Waals surface area contributed by atoms with Gasteiger partial charge in [0.25, 0.3) is 0 Å². The van der Waals surface area contributed by atoms with E-state index in [9.17, 15) is 9.59 Å². The fourth-order valence-electron chi connectivity index (χ4n) is 0.945. The molecule has 0 aromatic heterocycles. The zero-order valence-corrected chi connectivity index (χ0v) is 8.38. The van der Waals surface area contributed by atoms with Crippen molar-refractivity contribution in [1.29, 1.82) is 0 Å². The van der Waals surface area contributed by atoms with E-state index in [1.165, 1.54) is 0 Å². The highest BCUT2D eigenvalue weighted by Crippen LogP contribution is 1.91. The lowest BCUT2D eigenvalue weighted by Crippen LogP contribution is -2.44. The number of urea groups is 1. The van der Waals surface area contributed by atoms with Gasteiger partial charge in [0.15, 0.2) is 0 Å². The predicted octanol–water partition coefficient (Wildman–Crippen LogP) is -1.10. The van der Waals surface area contributed by atoms with Gasteiger partial charge in [-0.1, -0.05) is 13.3 Å². The molecule has 6 N–H and O–H groups in total. The van der Waals surface area contributed by atoms with Gasteiger partial charge in [0.1, 0.15) is 0 Å². The summed E-state index contributed by atoms with van der Waals surface area (Å²) in [5.74, 6) is -0.196. The number of primary amides is 1. The van der Waals surface area contributed by atoms with Gasteiger partial charge in [-0.25, -0.2) is 4.79 Å². The quantitative estimate of drug-likeness (QED) is 0.410. The molecular formula is C8H18N4O2. The Labute approximate surface area is 83.4 Å². The highest BCUT2D eigenvalue weighted by Gasteiger charge is 2.10. The molecule has 0 aromatic carbocycles. The summed E-state index contributed by atoms with van der Waals surface area (Å²) in [6, 6.07) is -1.06. The molecule has 82 valence electrons. The molecule has 0 radical (unpaired) electrons. The third-order valence-electron chi connectivity index (χ3n) is 1.66. The molecule has 0 spiro atoms. The fraction of sp³-hybridized carbons (Fsp3) is 0.750. The summed E-state index contributed by atoms with van der Waals surface area (Å²) < 4.78 is 0. The normalized spacial score (nSPS) is 11.9. The number of amides is 3. The Bertz CT molecular complexity index is 196. The molecule has 14 heavy (non-hydrogen) atoms. The van der Waals surface area contributed by atoms with Crippen molar-refractivity contribution >= 4 is 11.9 Å². The van der Waals surface area contributed by atoms with Crippen LogP contribution in [0.15, 0.2) is 0 Å². The number of hydrogen-bond donors (Lipinski definition) is 4. The summed E-state index contributed by atoms with van der Waals surface area (Å²) in [4.78, 5) is 21.5. The molecule has 1 atom stereocenters. The molecule has 0 aliphatic carbocycles. The van der Waals surface area contributed by atoms with E-state index in [2.05, 4.69) is 10.6 Å². The summed E-state index contributed by atoms with van der Waals surface area (Å²) in [6.45, 7) is 2.63. The maximum Gasteiger partial charge on any atom is 0.312 e. The van der Waals surface area contributed by atoms with Gasteiger partial charge in [-0.3, -0.25) is 4.79 Å². The van der Waals surface area contributed by atoms with E-state index >= 15 is 0 Å². The SMILES string of the molecule is CCC[C@H](N)C(=O)NCCNC(N)=O. The van der Waals surface area contributed by atoms with Gasteiger partial charge in [0.05, 0.1) is 6.04 Å². The first-order valence-corrected chi connectivity index (χ1v) is 4.64. The Kier molecular flexibility index (Phi) is 6.47. The lowest BCUT2D eigenvalue weighted by Gasteiger charge is -2.10. The van der Waals surface area contributed by atoms with E-state index in [1.807, 2.05) is 6.92 Å². The van der Waals surface area contributed by atoms with Crippen molar-refractivity contribution in [3.63, 3.8) is 0 Å². The van der Waals surface area contributed by atoms with Crippen LogP contribution in [-0.4, -0.2) is 31.1 Å². The minimum atomic E-state index is -0.600. The Morgan fingerprint density at radius 1 is 1.29 bits per heavy atom. The van der Waals surface area contributed by atoms with E-state index in [0.29, 0.717) is 19.5 Å². The molecule has 0 bridgehead atoms. The number of nitrogens with two attached hydrogens (primary N) is 2. The van der Waals surface area contributed by atoms with E-state index in [-0.39, 0.29) is 5.91 Å². The van der Waals surface area contributed by atoms with Crippen LogP contribution < -0.4 is 22.1 Å². The van der Waals surface area contributed by atoms with Crippen molar-refractivity contribution < 1.29 is 9.59 Å². The van der Waals surface area contributed by atoms with Gasteiger partial charge in [0.2, 0.25) is 5.91 Å². The van der Waals surface area contributed by atoms with Gasteiger partial charge in [-0.05, 0) is 6.42 Å². The minimum absolute atomic E-state index is 0.196. The Hall–Kier alpha value is -1.30. The summed E-state index contributed by atoms with van der Waals surface area (Å²) in [5, 5.41) is 4.94. The molecule has 0 saturated carbocycles. The van der Waals surface area contributed by atoms with Crippen LogP contribution in [-0.2, 0) is 4.79 Å². The summed E-state index contributed by atoms with van der Waals surface area (Å²) >= 11 is 0. The van der Waals surface area contributed by atoms with Crippen molar-refractivity contribution in [3.8, 4) is 0 Å². The number of hydrogen-bond acceptors (Lipinski definition) is 3. The number of carbonyl (C=O) groups is 2. The van der Waals surface area contributed by atoms with Crippen molar-refractivity contribution in [2.75, 3.05) is 13.1 Å². The second-order valence-corrected chi connectivity index (χ2v) is 2.98. The topological polar surface area (TPSA) is 110 Å². The zero-order chi connectivity index (χ0) is 11.0. The minimum Gasteiger partial charge on any atom is -0.353 e. The van der Waals surface area contributed by atoms with Gasteiger partial charge < -0.3 is 22.1 Å². The number of nitrogens with one attached hydrogen (secondary N) is 2. The van der Waals surface area contributed by atoms with Crippen LogP contribution in [0.2, 0.25) is 0 Å². The van der Waals surface area contributed by atoms with Crippen LogP contribution in [0.25, 0.3) is 0 Å². The maximum absolute atomic E-state index is 11.2. The molecule has 0 fully saturated rings. The average molecular weight is 202 g/mol. The standard InChI is InChI=1S/C8H18N4O2/c1-2-3-6(9)7(13)11-4-5-12-8(10)14/h6H,2-5,9H2,1H3,(H,11,13)(H3,10,12,14)/t6-/m0/s1. The van der Waals surface area contributed by atoms with Gasteiger partial charge in [0, 0.05) is 13.1 Å². The van der Waals surface area contributed by atoms with E-state index in [0.717, 1.165) is 6.42 Å². The first-order chi connectivity index (χ1) is 6.57. The smallest absolute Gasteiger partial charge is 0.312 e. The molecule has 0 aromatic rings. The van der Waals surface area contributed by atoms with Crippen LogP contribution in [0.4, 0.5) is 4.79 Å². The summed E-state index contributed by atoms with van der Waals surface area (Å²) in [7, 11) is 0. The van der Waals surface area contributed by atoms with Gasteiger partial charge >= 0.3 is 6.03 Å². The first kappa shape index (κ1) is 12.7. The van der Waals surface area contributed by atoms with E-state index in [1.54, 1.807) is 0 Å². The van der Waals surface area contributed by atoms with Crippen LogP contribution in [0, 0.1) is 0 Å². The first-order valence-electron chi connectivity index (χ1n) is 4.64. The molecule has 0 rings (SSSR count). The monoisotopic (exact) mass is 202 g/mol. The molecule has 0 heterocycles. The lowest BCUT2D eigenvalue weighted by molar-refractivity contribution is -0.122. The molecule has 6 nitrogen and oxygen atoms in total. The molecular weight excluding hydrogens is 184 g/mol. The second kappa shape index (κ2) is 7.14. The molecule has 0 aliphatic heterocycles. The summed E-state index contributed by atoms with van der Waals surface area (Å²) in [5.41, 5.74) is 10.4. The molecule has 0 saturated heterocycles. The van der Waals surface area contributed by atoms with Gasteiger partial charge in [-0.2, -0.15) is 0 Å². The molecule has 0 unspecified atom stereocenters. The highest BCUT2D eigenvalue weighted by molar-refractivity contribution is 5.81. The van der Waals surface area contributed by atoms with Crippen molar-refractivity contribution in [2.45, 2.75) is 25.8 Å². The van der Waals surface area contributed by atoms with E-state index < -0.39 is 12.1 Å². The Balaban J connectivity index is 3.48. The van der Waals surface area contributed by atoms with Gasteiger partial charge in [-0.15, -0.1) is 0 Å². The lowest BCUT2D eigenvalue weighted by atomic mass is 10.2. The predicted molar refractivity (Wildman–Crippen MR) is 53.5 cm³/mol. The number of carbonyl (C=O) groups excluding carboxylic acids is 2. The Morgan fingerprint density at radius 2 is 1.86 bits per heavy atom. The third-order valence-corrected chi connectivity index (χ3v) is 1.66. The van der Waals surface area contributed by atoms with Crippen LogP contribution >= 0.6 is 0 Å². The molecule has 3 amide bonds. The largest absolute Gasteiger partial charge is 0.353 e. The van der Waals surface area contributed by atoms with Crippen molar-refractivity contribution in [2.24, 2.45) is 11.5 Å².